The van der Waals surface area contributed by atoms with Crippen LogP contribution in [0, 0.1) is 0 Å². The van der Waals surface area contributed by atoms with Crippen LogP contribution in [0.2, 0.25) is 0 Å². The molecule has 0 aliphatic carbocycles. The van der Waals surface area contributed by atoms with Gasteiger partial charge in [0.15, 0.2) is 0 Å². The topological polar surface area (TPSA) is 34.4 Å². The quantitative estimate of drug-likeness (QED) is 0.822. The van der Waals surface area contributed by atoms with Gasteiger partial charge in [0.1, 0.15) is 11.4 Å². The summed E-state index contributed by atoms with van der Waals surface area (Å²) in [6.45, 7) is 1.58. The minimum atomic E-state index is 0.145. The molecule has 2 aromatic rings. The zero-order valence-electron chi connectivity index (χ0n) is 7.70. The van der Waals surface area contributed by atoms with Crippen LogP contribution in [0.3, 0.4) is 0 Å². The summed E-state index contributed by atoms with van der Waals surface area (Å²) >= 11 is 3.38. The lowest BCUT2D eigenvalue weighted by molar-refractivity contribution is -0.116. The number of hydrogen-bond acceptors (Lipinski definition) is 2. The number of aromatic nitrogens is 2. The summed E-state index contributed by atoms with van der Waals surface area (Å²) in [7, 11) is 0. The molecule has 14 heavy (non-hydrogen) atoms. The van der Waals surface area contributed by atoms with Crippen LogP contribution >= 0.6 is 15.9 Å². The predicted octanol–water partition coefficient (Wildman–Crippen LogP) is 2.23. The molecule has 4 heteroatoms. The molecule has 0 atom stereocenters. The van der Waals surface area contributed by atoms with Gasteiger partial charge in [-0.2, -0.15) is 0 Å². The van der Waals surface area contributed by atoms with E-state index in [-0.39, 0.29) is 5.78 Å². The van der Waals surface area contributed by atoms with E-state index in [0.29, 0.717) is 6.42 Å². The van der Waals surface area contributed by atoms with E-state index in [0.717, 1.165) is 15.8 Å². The summed E-state index contributed by atoms with van der Waals surface area (Å²) in [4.78, 5) is 15.2. The molecule has 0 aliphatic heterocycles. The maximum Gasteiger partial charge on any atom is 0.136 e. The van der Waals surface area contributed by atoms with Crippen molar-refractivity contribution in [3.05, 3.63) is 34.7 Å². The number of ketones is 1. The van der Waals surface area contributed by atoms with Crippen molar-refractivity contribution in [3.8, 4) is 0 Å². The van der Waals surface area contributed by atoms with Crippen molar-refractivity contribution >= 4 is 27.4 Å². The van der Waals surface area contributed by atoms with Gasteiger partial charge in [0.05, 0.1) is 0 Å². The Morgan fingerprint density at radius 2 is 2.36 bits per heavy atom. The van der Waals surface area contributed by atoms with Gasteiger partial charge in [0, 0.05) is 29.0 Å². The van der Waals surface area contributed by atoms with Crippen molar-refractivity contribution in [2.75, 3.05) is 0 Å². The third-order valence-corrected chi connectivity index (χ3v) is 2.45. The number of nitrogens with zero attached hydrogens (tertiary/aromatic N) is 2. The molecule has 0 aromatic carbocycles. The second-order valence-corrected chi connectivity index (χ2v) is 4.12. The first-order valence-corrected chi connectivity index (χ1v) is 5.07. The third kappa shape index (κ3) is 1.70. The summed E-state index contributed by atoms with van der Waals surface area (Å²) in [6, 6.07) is 3.84. The summed E-state index contributed by atoms with van der Waals surface area (Å²) in [5.74, 6) is 0.145. The Morgan fingerprint density at radius 1 is 1.57 bits per heavy atom. The first-order chi connectivity index (χ1) is 6.66. The smallest absolute Gasteiger partial charge is 0.136 e. The van der Waals surface area contributed by atoms with E-state index < -0.39 is 0 Å². The average molecular weight is 253 g/mol. The lowest BCUT2D eigenvalue weighted by Gasteiger charge is -1.99. The number of fused-ring (bicyclic) bond motifs is 1. The van der Waals surface area contributed by atoms with Crippen molar-refractivity contribution in [1.29, 1.82) is 0 Å². The molecule has 0 unspecified atom stereocenters. The fourth-order valence-electron chi connectivity index (χ4n) is 1.39. The molecule has 0 spiro atoms. The maximum atomic E-state index is 11.0. The van der Waals surface area contributed by atoms with E-state index >= 15 is 0 Å². The Hall–Kier alpha value is -1.16. The van der Waals surface area contributed by atoms with Gasteiger partial charge in [-0.1, -0.05) is 0 Å². The van der Waals surface area contributed by atoms with Gasteiger partial charge < -0.3 is 4.40 Å². The Kier molecular flexibility index (Phi) is 2.37. The van der Waals surface area contributed by atoms with Gasteiger partial charge in [0.2, 0.25) is 0 Å². The molecule has 2 aromatic heterocycles. The first-order valence-electron chi connectivity index (χ1n) is 4.28. The van der Waals surface area contributed by atoms with Gasteiger partial charge in [0.25, 0.3) is 0 Å². The number of carbonyl (C=O) groups excluding carboxylic acids is 1. The fourth-order valence-corrected chi connectivity index (χ4v) is 1.73. The minimum absolute atomic E-state index is 0.145. The van der Waals surface area contributed by atoms with Crippen LogP contribution < -0.4 is 0 Å². The molecule has 0 saturated carbocycles. The van der Waals surface area contributed by atoms with Gasteiger partial charge in [-0.3, -0.25) is 4.79 Å². The highest BCUT2D eigenvalue weighted by molar-refractivity contribution is 9.10. The summed E-state index contributed by atoms with van der Waals surface area (Å²) in [5.41, 5.74) is 1.79. The second kappa shape index (κ2) is 3.53. The highest BCUT2D eigenvalue weighted by atomic mass is 79.9. The number of halogens is 1. The number of carbonyl (C=O) groups is 1. The van der Waals surface area contributed by atoms with Crippen molar-refractivity contribution in [2.45, 2.75) is 13.3 Å². The lowest BCUT2D eigenvalue weighted by atomic mass is 10.2. The lowest BCUT2D eigenvalue weighted by Crippen LogP contribution is -2.00. The molecule has 3 nitrogen and oxygen atoms in total. The first kappa shape index (κ1) is 9.40. The molecule has 0 amide bonds. The van der Waals surface area contributed by atoms with Crippen LogP contribution in [0.1, 0.15) is 12.6 Å². The molecular weight excluding hydrogens is 244 g/mol. The number of rotatable bonds is 2. The highest BCUT2D eigenvalue weighted by Gasteiger charge is 2.05. The second-order valence-electron chi connectivity index (χ2n) is 3.20. The van der Waals surface area contributed by atoms with E-state index in [1.165, 1.54) is 0 Å². The minimum Gasteiger partial charge on any atom is -0.303 e. The number of pyridine rings is 1. The maximum absolute atomic E-state index is 11.0. The molecule has 0 saturated heterocycles. The summed E-state index contributed by atoms with van der Waals surface area (Å²) in [6.07, 6.45) is 4.08. The molecule has 0 radical (unpaired) electrons. The van der Waals surface area contributed by atoms with Crippen LogP contribution in [0.5, 0.6) is 0 Å². The Labute approximate surface area is 89.9 Å². The van der Waals surface area contributed by atoms with Crippen LogP contribution in [-0.4, -0.2) is 15.2 Å². The zero-order valence-corrected chi connectivity index (χ0v) is 9.28. The van der Waals surface area contributed by atoms with Crippen molar-refractivity contribution < 1.29 is 4.79 Å². The van der Waals surface area contributed by atoms with E-state index in [9.17, 15) is 4.79 Å². The van der Waals surface area contributed by atoms with Crippen molar-refractivity contribution in [2.24, 2.45) is 0 Å². The van der Waals surface area contributed by atoms with E-state index in [1.807, 2.05) is 22.7 Å². The summed E-state index contributed by atoms with van der Waals surface area (Å²) < 4.78 is 2.90. The number of hydrogen-bond donors (Lipinski definition) is 0. The fraction of sp³-hybridized carbons (Fsp3) is 0.200. The van der Waals surface area contributed by atoms with Crippen LogP contribution in [-0.2, 0) is 11.2 Å². The van der Waals surface area contributed by atoms with Gasteiger partial charge in [-0.15, -0.1) is 0 Å². The predicted molar refractivity (Wildman–Crippen MR) is 57.3 cm³/mol. The monoisotopic (exact) mass is 252 g/mol. The Morgan fingerprint density at radius 3 is 3.07 bits per heavy atom. The van der Waals surface area contributed by atoms with Crippen LogP contribution in [0.15, 0.2) is 29.0 Å². The third-order valence-electron chi connectivity index (χ3n) is 1.98. The molecule has 2 rings (SSSR count). The largest absolute Gasteiger partial charge is 0.303 e. The SMILES string of the molecule is CC(=O)Cc1cnc2ccc(Br)cn12. The molecule has 72 valence electrons. The van der Waals surface area contributed by atoms with Crippen molar-refractivity contribution in [3.63, 3.8) is 0 Å². The molecular formula is C10H9BrN2O. The molecule has 2 heterocycles. The van der Waals surface area contributed by atoms with Gasteiger partial charge in [-0.05, 0) is 35.0 Å². The van der Waals surface area contributed by atoms with E-state index in [1.54, 1.807) is 13.1 Å². The zero-order chi connectivity index (χ0) is 10.1. The normalized spacial score (nSPS) is 10.7. The molecule has 0 N–H and O–H groups in total. The Balaban J connectivity index is 2.55. The molecule has 0 aliphatic rings. The molecule has 0 fully saturated rings. The van der Waals surface area contributed by atoms with Crippen LogP contribution in [0.25, 0.3) is 5.65 Å². The van der Waals surface area contributed by atoms with Crippen molar-refractivity contribution in [1.82, 2.24) is 9.38 Å². The van der Waals surface area contributed by atoms with Gasteiger partial charge >= 0.3 is 0 Å². The Bertz CT molecular complexity index is 490. The standard InChI is InChI=1S/C10H9BrN2O/c1-7(14)4-9-5-12-10-3-2-8(11)6-13(9)10/h2-3,5-6H,4H2,1H3. The summed E-state index contributed by atoms with van der Waals surface area (Å²) in [5, 5.41) is 0. The average Bonchev–Trinajstić information content (AvgIpc) is 2.47. The van der Waals surface area contributed by atoms with Gasteiger partial charge in [-0.25, -0.2) is 4.98 Å². The number of Topliss-reactive ketones (excluding diaryl/α,β-unsaturated/α-hetero) is 1. The van der Waals surface area contributed by atoms with Crippen LogP contribution in [0.4, 0.5) is 0 Å². The highest BCUT2D eigenvalue weighted by Crippen LogP contribution is 2.13. The molecule has 0 bridgehead atoms. The van der Waals surface area contributed by atoms with E-state index in [2.05, 4.69) is 20.9 Å². The van der Waals surface area contributed by atoms with E-state index in [4.69, 9.17) is 0 Å². The number of imidazole rings is 1.